The lowest BCUT2D eigenvalue weighted by Crippen LogP contribution is -2.05. The van der Waals surface area contributed by atoms with Crippen LogP contribution in [0.3, 0.4) is 0 Å². The molecule has 6 heteroatoms. The first-order valence-corrected chi connectivity index (χ1v) is 5.14. The number of hydrogen-bond acceptors (Lipinski definition) is 4. The number of rotatable bonds is 4. The Bertz CT molecular complexity index is 512. The summed E-state index contributed by atoms with van der Waals surface area (Å²) in [5.41, 5.74) is 6.26. The molecule has 2 N–H and O–H groups in total. The minimum absolute atomic E-state index is 0.382. The van der Waals surface area contributed by atoms with Crippen LogP contribution < -0.4 is 5.73 Å². The van der Waals surface area contributed by atoms with Crippen LogP contribution in [0.25, 0.3) is 11.4 Å². The molecule has 0 aliphatic heterocycles. The van der Waals surface area contributed by atoms with E-state index in [2.05, 4.69) is 10.2 Å². The molecule has 0 amide bonds. The highest BCUT2D eigenvalue weighted by atomic mass is 19.1. The SMILES string of the molecule is COCCn1cnnc1-c1ccc(N)cc1F. The zero-order valence-corrected chi connectivity index (χ0v) is 9.43. The molecule has 0 unspecified atom stereocenters. The van der Waals surface area contributed by atoms with Crippen LogP contribution in [0, 0.1) is 5.82 Å². The van der Waals surface area contributed by atoms with E-state index in [-0.39, 0.29) is 0 Å². The van der Waals surface area contributed by atoms with E-state index in [9.17, 15) is 4.39 Å². The molecule has 17 heavy (non-hydrogen) atoms. The second-order valence-corrected chi connectivity index (χ2v) is 3.58. The lowest BCUT2D eigenvalue weighted by Gasteiger charge is -2.07. The topological polar surface area (TPSA) is 66.0 Å². The molecule has 1 aromatic carbocycles. The predicted octanol–water partition coefficient (Wildman–Crippen LogP) is 1.31. The van der Waals surface area contributed by atoms with Crippen molar-refractivity contribution in [1.29, 1.82) is 0 Å². The van der Waals surface area contributed by atoms with Gasteiger partial charge in [0.2, 0.25) is 0 Å². The first-order valence-electron chi connectivity index (χ1n) is 5.14. The van der Waals surface area contributed by atoms with Crippen molar-refractivity contribution in [3.63, 3.8) is 0 Å². The second kappa shape index (κ2) is 4.92. The third-order valence-corrected chi connectivity index (χ3v) is 2.39. The zero-order valence-electron chi connectivity index (χ0n) is 9.43. The minimum atomic E-state index is -0.406. The summed E-state index contributed by atoms with van der Waals surface area (Å²) in [7, 11) is 1.60. The maximum Gasteiger partial charge on any atom is 0.166 e. The lowest BCUT2D eigenvalue weighted by atomic mass is 10.2. The van der Waals surface area contributed by atoms with Crippen molar-refractivity contribution in [2.24, 2.45) is 0 Å². The lowest BCUT2D eigenvalue weighted by molar-refractivity contribution is 0.187. The van der Waals surface area contributed by atoms with Crippen LogP contribution >= 0.6 is 0 Å². The molecule has 0 bridgehead atoms. The van der Waals surface area contributed by atoms with Crippen molar-refractivity contribution in [3.8, 4) is 11.4 Å². The van der Waals surface area contributed by atoms with Gasteiger partial charge in [0.25, 0.3) is 0 Å². The normalized spacial score (nSPS) is 10.7. The Labute approximate surface area is 98.0 Å². The second-order valence-electron chi connectivity index (χ2n) is 3.58. The molecule has 1 heterocycles. The van der Waals surface area contributed by atoms with Crippen LogP contribution in [0.4, 0.5) is 10.1 Å². The van der Waals surface area contributed by atoms with Gasteiger partial charge in [-0.1, -0.05) is 0 Å². The number of halogens is 1. The molecule has 0 aliphatic rings. The summed E-state index contributed by atoms with van der Waals surface area (Å²) in [6.07, 6.45) is 1.55. The Balaban J connectivity index is 2.35. The quantitative estimate of drug-likeness (QED) is 0.813. The third-order valence-electron chi connectivity index (χ3n) is 2.39. The van der Waals surface area contributed by atoms with Crippen molar-refractivity contribution >= 4 is 5.69 Å². The smallest absolute Gasteiger partial charge is 0.166 e. The summed E-state index contributed by atoms with van der Waals surface area (Å²) < 4.78 is 20.4. The van der Waals surface area contributed by atoms with Crippen molar-refractivity contribution < 1.29 is 9.13 Å². The van der Waals surface area contributed by atoms with E-state index in [1.807, 2.05) is 0 Å². The maximum atomic E-state index is 13.7. The Morgan fingerprint density at radius 2 is 2.29 bits per heavy atom. The van der Waals surface area contributed by atoms with Gasteiger partial charge in [-0.2, -0.15) is 0 Å². The van der Waals surface area contributed by atoms with E-state index in [0.29, 0.717) is 30.2 Å². The molecule has 0 radical (unpaired) electrons. The van der Waals surface area contributed by atoms with E-state index in [4.69, 9.17) is 10.5 Å². The molecule has 0 spiro atoms. The van der Waals surface area contributed by atoms with Gasteiger partial charge in [-0.25, -0.2) is 4.39 Å². The number of nitrogen functional groups attached to an aromatic ring is 1. The number of nitrogens with two attached hydrogens (primary N) is 1. The number of nitrogens with zero attached hydrogens (tertiary/aromatic N) is 3. The van der Waals surface area contributed by atoms with Gasteiger partial charge in [0.15, 0.2) is 5.82 Å². The van der Waals surface area contributed by atoms with Gasteiger partial charge in [0.1, 0.15) is 12.1 Å². The summed E-state index contributed by atoms with van der Waals surface area (Å²) >= 11 is 0. The van der Waals surface area contributed by atoms with Gasteiger partial charge in [-0.05, 0) is 18.2 Å². The van der Waals surface area contributed by atoms with Crippen LogP contribution in [0.15, 0.2) is 24.5 Å². The molecular weight excluding hydrogens is 223 g/mol. The monoisotopic (exact) mass is 236 g/mol. The average molecular weight is 236 g/mol. The number of anilines is 1. The van der Waals surface area contributed by atoms with Gasteiger partial charge in [0.05, 0.1) is 12.2 Å². The van der Waals surface area contributed by atoms with Crippen LogP contribution in [0.5, 0.6) is 0 Å². The maximum absolute atomic E-state index is 13.7. The highest BCUT2D eigenvalue weighted by Crippen LogP contribution is 2.22. The Morgan fingerprint density at radius 3 is 3.00 bits per heavy atom. The molecule has 0 atom stereocenters. The molecule has 0 aliphatic carbocycles. The third kappa shape index (κ3) is 2.42. The first kappa shape index (κ1) is 11.5. The number of aromatic nitrogens is 3. The molecule has 90 valence electrons. The number of benzene rings is 1. The van der Waals surface area contributed by atoms with Crippen LogP contribution in [0.2, 0.25) is 0 Å². The summed E-state index contributed by atoms with van der Waals surface area (Å²) in [5, 5.41) is 7.68. The molecule has 0 saturated carbocycles. The van der Waals surface area contributed by atoms with Gasteiger partial charge < -0.3 is 15.0 Å². The van der Waals surface area contributed by atoms with Crippen LogP contribution in [0.1, 0.15) is 0 Å². The van der Waals surface area contributed by atoms with Crippen molar-refractivity contribution in [2.45, 2.75) is 6.54 Å². The number of ether oxygens (including phenoxy) is 1. The fourth-order valence-corrected chi connectivity index (χ4v) is 1.53. The van der Waals surface area contributed by atoms with Crippen LogP contribution in [-0.2, 0) is 11.3 Å². The Kier molecular flexibility index (Phi) is 3.34. The van der Waals surface area contributed by atoms with Crippen molar-refractivity contribution in [2.75, 3.05) is 19.5 Å². The van der Waals surface area contributed by atoms with E-state index in [1.54, 1.807) is 30.1 Å². The Morgan fingerprint density at radius 1 is 1.47 bits per heavy atom. The largest absolute Gasteiger partial charge is 0.399 e. The van der Waals surface area contributed by atoms with Gasteiger partial charge in [-0.3, -0.25) is 0 Å². The van der Waals surface area contributed by atoms with Crippen molar-refractivity contribution in [3.05, 3.63) is 30.3 Å². The molecule has 1 aromatic heterocycles. The van der Waals surface area contributed by atoms with Gasteiger partial charge in [0, 0.05) is 19.3 Å². The zero-order chi connectivity index (χ0) is 12.3. The van der Waals surface area contributed by atoms with Gasteiger partial charge >= 0.3 is 0 Å². The average Bonchev–Trinajstić information content (AvgIpc) is 2.74. The molecule has 0 fully saturated rings. The first-order chi connectivity index (χ1) is 8.22. The summed E-state index contributed by atoms with van der Waals surface area (Å²) in [5.74, 6) is 0.0659. The van der Waals surface area contributed by atoms with Crippen molar-refractivity contribution in [1.82, 2.24) is 14.8 Å². The van der Waals surface area contributed by atoms with Crippen LogP contribution in [-0.4, -0.2) is 28.5 Å². The van der Waals surface area contributed by atoms with E-state index < -0.39 is 5.82 Å². The van der Waals surface area contributed by atoms with E-state index in [1.165, 1.54) is 6.07 Å². The highest BCUT2D eigenvalue weighted by molar-refractivity contribution is 5.59. The fraction of sp³-hybridized carbons (Fsp3) is 0.273. The minimum Gasteiger partial charge on any atom is -0.399 e. The number of methoxy groups -OCH3 is 1. The highest BCUT2D eigenvalue weighted by Gasteiger charge is 2.12. The predicted molar refractivity (Wildman–Crippen MR) is 61.7 cm³/mol. The number of hydrogen-bond donors (Lipinski definition) is 1. The molecule has 2 aromatic rings. The molecular formula is C11H13FN4O. The van der Waals surface area contributed by atoms with E-state index in [0.717, 1.165) is 0 Å². The standard InChI is InChI=1S/C11H13FN4O/c1-17-5-4-16-7-14-15-11(16)9-3-2-8(13)6-10(9)12/h2-3,6-7H,4-5,13H2,1H3. The summed E-state index contributed by atoms with van der Waals surface area (Å²) in [4.78, 5) is 0. The molecule has 5 nitrogen and oxygen atoms in total. The molecule has 2 rings (SSSR count). The van der Waals surface area contributed by atoms with E-state index >= 15 is 0 Å². The molecule has 0 saturated heterocycles. The van der Waals surface area contributed by atoms with Gasteiger partial charge in [-0.15, -0.1) is 10.2 Å². The summed E-state index contributed by atoms with van der Waals surface area (Å²) in [6.45, 7) is 1.09. The fourth-order valence-electron chi connectivity index (χ4n) is 1.53. The summed E-state index contributed by atoms with van der Waals surface area (Å²) in [6, 6.07) is 4.50. The Hall–Kier alpha value is -1.95.